The molecule has 0 spiro atoms. The van der Waals surface area contributed by atoms with Gasteiger partial charge in [0.05, 0.1) is 69.9 Å². The van der Waals surface area contributed by atoms with Crippen LogP contribution in [0.2, 0.25) is 0 Å². The maximum Gasteiger partial charge on any atom is 1.00 e. The van der Waals surface area contributed by atoms with Crippen molar-refractivity contribution in [3.05, 3.63) is 262 Å². The Morgan fingerprint density at radius 3 is 0.804 bits per heavy atom. The molecule has 8 heteroatoms. The zero-order valence-corrected chi connectivity index (χ0v) is 80.1. The van der Waals surface area contributed by atoms with E-state index in [2.05, 4.69) is 179 Å². The van der Waals surface area contributed by atoms with Gasteiger partial charge in [0.1, 0.15) is 0 Å². The fourth-order valence-corrected chi connectivity index (χ4v) is 37.5. The topological polar surface area (TPSA) is 0 Å². The number of hydrogen-bond donors (Lipinski definition) is 0. The van der Waals surface area contributed by atoms with Crippen molar-refractivity contribution in [2.75, 3.05) is 24.6 Å². The summed E-state index contributed by atoms with van der Waals surface area (Å²) in [6, 6.07) is 58.3. The van der Waals surface area contributed by atoms with Crippen molar-refractivity contribution in [1.82, 2.24) is 0 Å². The first kappa shape index (κ1) is 92.6. The minimum atomic E-state index is -0.0809. The minimum Gasteiger partial charge on any atom is -0.366 e. The summed E-state index contributed by atoms with van der Waals surface area (Å²) in [7, 11) is -0.118. The van der Waals surface area contributed by atoms with Gasteiger partial charge in [-0.2, -0.15) is 0 Å². The SMILES string of the molecule is C1CCC([PH+](CCCC[PH+](C2CCCCC2)C2CCCCC2)C2CCCCC2)CC1.C[C@H]1CC[C@H](C)[PH+]1CCCC[PH+]1[C@@H](C)CC[C@@H]1C.[Au+].[Au+].[Au+].[Au+].[C-]#Cc1ccc2c(c1)-c1ccccc1C2.[C-]#Cc1ccc2c(c1)-c1ccccc1C2.[C-]#Cc1ccc2c(c1)-c1ccccc1C2.[C-]#Cc1ccc2c(c1)Cc1ccccc1-2. The third kappa shape index (κ3) is 24.5. The van der Waals surface area contributed by atoms with E-state index in [1.807, 2.05) is 42.5 Å². The molecule has 10 aliphatic rings. The molecule has 0 unspecified atom stereocenters. The summed E-state index contributed by atoms with van der Waals surface area (Å²) < 4.78 is 0. The largest absolute Gasteiger partial charge is 1.00 e. The molecule has 0 amide bonds. The molecule has 0 N–H and O–H groups in total. The summed E-state index contributed by atoms with van der Waals surface area (Å²) in [4.78, 5) is 0. The van der Waals surface area contributed by atoms with Crippen molar-refractivity contribution in [2.24, 2.45) is 0 Å². The predicted molar refractivity (Wildman–Crippen MR) is 479 cm³/mol. The van der Waals surface area contributed by atoms with Crippen LogP contribution in [0.5, 0.6) is 0 Å². The summed E-state index contributed by atoms with van der Waals surface area (Å²) >= 11 is 0. The monoisotopic (exact) mass is 2280 g/mol. The van der Waals surface area contributed by atoms with Gasteiger partial charge < -0.3 is 25.7 Å². The van der Waals surface area contributed by atoms with Crippen LogP contribution in [0.4, 0.5) is 0 Å². The van der Waals surface area contributed by atoms with Gasteiger partial charge in [-0.05, 0) is 291 Å². The van der Waals surface area contributed by atoms with Gasteiger partial charge in [0, 0.05) is 31.7 Å². The van der Waals surface area contributed by atoms with Crippen molar-refractivity contribution < 1.29 is 89.5 Å². The van der Waals surface area contributed by atoms with Crippen LogP contribution in [-0.2, 0) is 115 Å². The fourth-order valence-electron chi connectivity index (χ4n) is 21.2. The Balaban J connectivity index is 0.000000157. The zero-order valence-electron chi connectivity index (χ0n) is 67.4. The second kappa shape index (κ2) is 47.5. The summed E-state index contributed by atoms with van der Waals surface area (Å²) in [5.74, 6) is 9.75. The van der Waals surface area contributed by atoms with E-state index < -0.39 is 0 Å². The van der Waals surface area contributed by atoms with Crippen molar-refractivity contribution in [3.63, 3.8) is 0 Å². The van der Waals surface area contributed by atoms with Gasteiger partial charge >= 0.3 is 89.5 Å². The maximum absolute atomic E-state index is 7.14. The van der Waals surface area contributed by atoms with Crippen molar-refractivity contribution in [3.8, 4) is 68.2 Å². The van der Waals surface area contributed by atoms with Crippen LogP contribution in [0, 0.1) is 49.4 Å². The van der Waals surface area contributed by atoms with Gasteiger partial charge in [0.2, 0.25) is 0 Å². The van der Waals surface area contributed by atoms with Gasteiger partial charge in [0.15, 0.2) is 0 Å². The number of benzene rings is 8. The predicted octanol–water partition coefficient (Wildman–Crippen LogP) is 27.6. The van der Waals surface area contributed by atoms with Crippen molar-refractivity contribution >= 4 is 31.7 Å². The Morgan fingerprint density at radius 2 is 0.509 bits per heavy atom. The third-order valence-electron chi connectivity index (χ3n) is 27.2. The smallest absolute Gasteiger partial charge is 0.366 e. The van der Waals surface area contributed by atoms with Gasteiger partial charge in [-0.25, -0.2) is 0 Å². The molecule has 8 aliphatic carbocycles. The zero-order chi connectivity index (χ0) is 74.6. The van der Waals surface area contributed by atoms with Gasteiger partial charge in [-0.15, -0.1) is 70.8 Å². The Bertz CT molecular complexity index is 4060. The van der Waals surface area contributed by atoms with Gasteiger partial charge in [-0.3, -0.25) is 23.7 Å². The first-order valence-corrected chi connectivity index (χ1v) is 50.5. The second-order valence-electron chi connectivity index (χ2n) is 34.1. The maximum atomic E-state index is 7.14. The molecule has 600 valence electrons. The normalized spacial score (nSPS) is 19.6. The Labute approximate surface area is 747 Å². The van der Waals surface area contributed by atoms with Crippen LogP contribution in [0.25, 0.3) is 44.5 Å². The van der Waals surface area contributed by atoms with E-state index >= 15 is 0 Å². The fraction of sp³-hybridized carbons (Fsp3) is 0.462. The van der Waals surface area contributed by atoms with Crippen LogP contribution in [0.1, 0.15) is 274 Å². The average molecular weight is 2290 g/mol. The molecule has 6 fully saturated rings. The Morgan fingerprint density at radius 1 is 0.268 bits per heavy atom. The molecule has 2 heterocycles. The summed E-state index contributed by atoms with van der Waals surface area (Å²) in [5, 5.41) is 0. The molecule has 0 nitrogen and oxygen atoms in total. The van der Waals surface area contributed by atoms with Crippen LogP contribution in [0.15, 0.2) is 170 Å². The molecule has 2 aliphatic heterocycles. The quantitative estimate of drug-likeness (QED) is 0.0335. The number of fused-ring (bicyclic) bond motifs is 12. The van der Waals surface area contributed by atoms with Gasteiger partial charge in [0.25, 0.3) is 0 Å². The van der Waals surface area contributed by atoms with Crippen LogP contribution < -0.4 is 0 Å². The second-order valence-corrected chi connectivity index (χ2v) is 47.9. The average Bonchev–Trinajstić information content (AvgIpc) is 1.65. The molecule has 18 rings (SSSR count). The molecule has 4 saturated carbocycles. The van der Waals surface area contributed by atoms with Crippen LogP contribution >= 0.6 is 31.7 Å². The summed E-state index contributed by atoms with van der Waals surface area (Å²) in [6.45, 7) is 10.1. The van der Waals surface area contributed by atoms with E-state index in [4.69, 9.17) is 25.7 Å². The van der Waals surface area contributed by atoms with Gasteiger partial charge in [-0.1, -0.05) is 153 Å². The van der Waals surface area contributed by atoms with Crippen molar-refractivity contribution in [1.29, 1.82) is 0 Å². The molecule has 0 aromatic heterocycles. The van der Waals surface area contributed by atoms with Crippen LogP contribution in [-0.4, -0.2) is 69.9 Å². The third-order valence-corrected chi connectivity index (χ3v) is 43.7. The Kier molecular flexibility index (Phi) is 39.2. The Hall–Kier alpha value is -3.32. The molecule has 4 atom stereocenters. The molecule has 112 heavy (non-hydrogen) atoms. The first-order valence-electron chi connectivity index (χ1n) is 43.0. The molecular weight excluding hydrogens is 2160 g/mol. The summed E-state index contributed by atoms with van der Waals surface area (Å²) in [5.41, 5.74) is 34.0. The molecule has 2 saturated heterocycles. The van der Waals surface area contributed by atoms with Crippen molar-refractivity contribution in [2.45, 2.75) is 278 Å². The first-order chi connectivity index (χ1) is 53.0. The van der Waals surface area contributed by atoms with Crippen LogP contribution in [0.3, 0.4) is 0 Å². The molecule has 0 radical (unpaired) electrons. The number of rotatable bonds is 14. The van der Waals surface area contributed by atoms with E-state index in [0.717, 1.165) is 70.6 Å². The van der Waals surface area contributed by atoms with E-state index in [0.29, 0.717) is 0 Å². The molecule has 0 bridgehead atoms. The number of unbranched alkanes of at least 4 members (excludes halogenated alkanes) is 2. The standard InChI is InChI=1S/C28H52P2.C16H32P2.4C15H9.4Au/c1-5-15-25(16-6-1)29(26-17-7-2-8-18-26)23-13-14-24-30(27-19-9-3-10-20-27)28-21-11-4-12-22-28;1-13-7-8-14(2)17(13)11-5-6-12-18-15(3)9-10-16(18)4;1-2-11-7-8-15-13(9-11)10-12-5-3-4-6-14(12)15;3*1-2-11-7-8-13-10-12-5-3-4-6-14(12)15(13)9-11;;;;/h25-28H,1-24H2;13-16H,5-12H2,1-4H3;4*3-9H,10H2;;;;/q;;4*-1;4*+1/p+4/t;13-,14-,15-,16-;;;;;;;;/m.0......../s1. The van der Waals surface area contributed by atoms with E-state index in [9.17, 15) is 0 Å². The molecular formula is C104H124Au4P4+4. The summed E-state index contributed by atoms with van der Waals surface area (Å²) in [6.07, 6.45) is 83.6. The van der Waals surface area contributed by atoms with E-state index in [1.165, 1.54) is 112 Å². The minimum absolute atomic E-state index is 0. The molecule has 8 aromatic rings. The van der Waals surface area contributed by atoms with E-state index in [-0.39, 0.29) is 121 Å². The van der Waals surface area contributed by atoms with E-state index in [1.54, 1.807) is 204 Å². The molecule has 8 aromatic carbocycles. The number of hydrogen-bond acceptors (Lipinski definition) is 0.